The van der Waals surface area contributed by atoms with E-state index in [1.807, 2.05) is 0 Å². The van der Waals surface area contributed by atoms with Crippen LogP contribution in [0.1, 0.15) is 33.6 Å². The number of nitrogens with one attached hydrogen (secondary N) is 1. The summed E-state index contributed by atoms with van der Waals surface area (Å²) in [5.41, 5.74) is 6.92. The molecule has 0 fully saturated rings. The van der Waals surface area contributed by atoms with Crippen molar-refractivity contribution in [1.82, 2.24) is 0 Å². The summed E-state index contributed by atoms with van der Waals surface area (Å²) in [6, 6.07) is 0. The van der Waals surface area contributed by atoms with Gasteiger partial charge in [-0.25, -0.2) is 0 Å². The lowest BCUT2D eigenvalue weighted by Gasteiger charge is -2.11. The fraction of sp³-hybridized carbons (Fsp3) is 0.500. The molecule has 1 heterocycles. The third-order valence-corrected chi connectivity index (χ3v) is 4.15. The Morgan fingerprint density at radius 1 is 1.39 bits per heavy atom. The minimum absolute atomic E-state index is 0.0270. The van der Waals surface area contributed by atoms with E-state index in [0.29, 0.717) is 10.6 Å². The van der Waals surface area contributed by atoms with Gasteiger partial charge in [0.25, 0.3) is 11.8 Å². The van der Waals surface area contributed by atoms with Gasteiger partial charge >= 0.3 is 0 Å². The molecule has 98 valence electrons. The third-order valence-electron chi connectivity index (χ3n) is 2.95. The Hall–Kier alpha value is -1.40. The van der Waals surface area contributed by atoms with Gasteiger partial charge in [-0.2, -0.15) is 0 Å². The first-order valence-corrected chi connectivity index (χ1v) is 6.68. The number of anilines is 1. The zero-order valence-corrected chi connectivity index (χ0v) is 11.1. The molecule has 0 aliphatic heterocycles. The lowest BCUT2D eigenvalue weighted by Crippen LogP contribution is -2.20. The topological polar surface area (TPSA) is 81.4 Å². The van der Waals surface area contributed by atoms with E-state index in [1.165, 1.54) is 23.3 Å². The van der Waals surface area contributed by atoms with Crippen LogP contribution in [-0.4, -0.2) is 25.5 Å². The van der Waals surface area contributed by atoms with Crippen LogP contribution in [0.3, 0.4) is 0 Å². The zero-order chi connectivity index (χ0) is 13.1. The SMILES string of the molecule is COCC(=O)Nc1sc2c(c1C(N)=O)CCCC2. The molecule has 6 heteroatoms. The van der Waals surface area contributed by atoms with E-state index in [4.69, 9.17) is 10.5 Å². The van der Waals surface area contributed by atoms with Crippen molar-refractivity contribution in [2.45, 2.75) is 25.7 Å². The highest BCUT2D eigenvalue weighted by Crippen LogP contribution is 2.37. The van der Waals surface area contributed by atoms with Crippen LogP contribution in [0.25, 0.3) is 0 Å². The average molecular weight is 268 g/mol. The van der Waals surface area contributed by atoms with Crippen LogP contribution >= 0.6 is 11.3 Å². The minimum atomic E-state index is -0.470. The number of aryl methyl sites for hydroxylation is 1. The van der Waals surface area contributed by atoms with E-state index in [9.17, 15) is 9.59 Å². The molecule has 1 aliphatic carbocycles. The second-order valence-corrected chi connectivity index (χ2v) is 5.37. The van der Waals surface area contributed by atoms with Crippen molar-refractivity contribution in [3.8, 4) is 0 Å². The highest BCUT2D eigenvalue weighted by Gasteiger charge is 2.24. The fourth-order valence-electron chi connectivity index (χ4n) is 2.21. The van der Waals surface area contributed by atoms with Crippen molar-refractivity contribution in [2.75, 3.05) is 19.0 Å². The van der Waals surface area contributed by atoms with Gasteiger partial charge in [0.1, 0.15) is 11.6 Å². The van der Waals surface area contributed by atoms with Gasteiger partial charge in [0.15, 0.2) is 0 Å². The number of hydrogen-bond acceptors (Lipinski definition) is 4. The molecule has 3 N–H and O–H groups in total. The Balaban J connectivity index is 2.31. The Kier molecular flexibility index (Phi) is 3.98. The molecule has 2 amide bonds. The van der Waals surface area contributed by atoms with Gasteiger partial charge in [-0.05, 0) is 31.2 Å². The standard InChI is InChI=1S/C12H16N2O3S/c1-17-6-9(15)14-12-10(11(13)16)7-4-2-3-5-8(7)18-12/h2-6H2,1H3,(H2,13,16)(H,14,15). The lowest BCUT2D eigenvalue weighted by molar-refractivity contribution is -0.119. The summed E-state index contributed by atoms with van der Waals surface area (Å²) in [5, 5.41) is 3.27. The summed E-state index contributed by atoms with van der Waals surface area (Å²) in [7, 11) is 1.45. The maximum Gasteiger partial charge on any atom is 0.251 e. The maximum atomic E-state index is 11.5. The van der Waals surface area contributed by atoms with E-state index in [-0.39, 0.29) is 12.5 Å². The lowest BCUT2D eigenvalue weighted by atomic mass is 9.95. The molecule has 0 atom stereocenters. The summed E-state index contributed by atoms with van der Waals surface area (Å²) < 4.78 is 4.75. The van der Waals surface area contributed by atoms with Crippen molar-refractivity contribution in [1.29, 1.82) is 0 Å². The van der Waals surface area contributed by atoms with E-state index in [0.717, 1.165) is 31.2 Å². The molecule has 0 spiro atoms. The van der Waals surface area contributed by atoms with Gasteiger partial charge in [-0.1, -0.05) is 0 Å². The van der Waals surface area contributed by atoms with Gasteiger partial charge in [0.05, 0.1) is 5.56 Å². The monoisotopic (exact) mass is 268 g/mol. The smallest absolute Gasteiger partial charge is 0.251 e. The number of amides is 2. The Morgan fingerprint density at radius 3 is 2.78 bits per heavy atom. The number of nitrogens with two attached hydrogens (primary N) is 1. The molecule has 2 rings (SSSR count). The summed E-state index contributed by atoms with van der Waals surface area (Å²) in [6.45, 7) is -0.0270. The molecule has 18 heavy (non-hydrogen) atoms. The number of primary amides is 1. The minimum Gasteiger partial charge on any atom is -0.375 e. The molecule has 1 aliphatic rings. The van der Waals surface area contributed by atoms with E-state index in [2.05, 4.69) is 5.32 Å². The Bertz CT molecular complexity index is 482. The highest BCUT2D eigenvalue weighted by molar-refractivity contribution is 7.17. The molecule has 0 aromatic carbocycles. The summed E-state index contributed by atoms with van der Waals surface area (Å²) in [5.74, 6) is -0.735. The van der Waals surface area contributed by atoms with Crippen LogP contribution < -0.4 is 11.1 Å². The van der Waals surface area contributed by atoms with Crippen LogP contribution in [0.4, 0.5) is 5.00 Å². The number of hydrogen-bond donors (Lipinski definition) is 2. The van der Waals surface area contributed by atoms with E-state index in [1.54, 1.807) is 0 Å². The summed E-state index contributed by atoms with van der Waals surface area (Å²) in [4.78, 5) is 24.2. The van der Waals surface area contributed by atoms with Gasteiger partial charge in [-0.3, -0.25) is 9.59 Å². The zero-order valence-electron chi connectivity index (χ0n) is 10.2. The molecule has 1 aromatic heterocycles. The third kappa shape index (κ3) is 2.54. The van der Waals surface area contributed by atoms with Crippen LogP contribution in [0.2, 0.25) is 0 Å². The van der Waals surface area contributed by atoms with Gasteiger partial charge in [0, 0.05) is 12.0 Å². The van der Waals surface area contributed by atoms with Crippen molar-refractivity contribution >= 4 is 28.2 Å². The van der Waals surface area contributed by atoms with Crippen LogP contribution in [0, 0.1) is 0 Å². The number of methoxy groups -OCH3 is 1. The average Bonchev–Trinajstić information content (AvgIpc) is 2.66. The molecular weight excluding hydrogens is 252 g/mol. The molecule has 1 aromatic rings. The van der Waals surface area contributed by atoms with E-state index >= 15 is 0 Å². The van der Waals surface area contributed by atoms with Crippen molar-refractivity contribution in [2.24, 2.45) is 5.73 Å². The molecule has 0 saturated carbocycles. The van der Waals surface area contributed by atoms with Crippen molar-refractivity contribution < 1.29 is 14.3 Å². The molecule has 0 radical (unpaired) electrons. The normalized spacial score (nSPS) is 14.1. The molecule has 0 saturated heterocycles. The first-order chi connectivity index (χ1) is 8.63. The number of ether oxygens (including phenoxy) is 1. The molecular formula is C12H16N2O3S. The number of thiophene rings is 1. The van der Waals surface area contributed by atoms with Gasteiger partial charge in [-0.15, -0.1) is 11.3 Å². The first-order valence-electron chi connectivity index (χ1n) is 5.86. The fourth-order valence-corrected chi connectivity index (χ4v) is 3.52. The van der Waals surface area contributed by atoms with Crippen molar-refractivity contribution in [3.05, 3.63) is 16.0 Å². The second-order valence-electron chi connectivity index (χ2n) is 4.26. The Labute approximate surface area is 109 Å². The van der Waals surface area contributed by atoms with Gasteiger partial charge in [0.2, 0.25) is 0 Å². The summed E-state index contributed by atoms with van der Waals surface area (Å²) in [6.07, 6.45) is 4.01. The number of carbonyl (C=O) groups is 2. The van der Waals surface area contributed by atoms with E-state index < -0.39 is 5.91 Å². The maximum absolute atomic E-state index is 11.5. The molecule has 5 nitrogen and oxygen atoms in total. The number of carbonyl (C=O) groups excluding carboxylic acids is 2. The Morgan fingerprint density at radius 2 is 2.11 bits per heavy atom. The molecule has 0 unspecified atom stereocenters. The predicted molar refractivity (Wildman–Crippen MR) is 70.0 cm³/mol. The van der Waals surface area contributed by atoms with Crippen LogP contribution in [0.15, 0.2) is 0 Å². The molecule has 0 bridgehead atoms. The number of fused-ring (bicyclic) bond motifs is 1. The largest absolute Gasteiger partial charge is 0.375 e. The second kappa shape index (κ2) is 5.49. The van der Waals surface area contributed by atoms with Crippen LogP contribution in [0.5, 0.6) is 0 Å². The summed E-state index contributed by atoms with van der Waals surface area (Å²) >= 11 is 1.46. The number of rotatable bonds is 4. The first kappa shape index (κ1) is 13.0. The van der Waals surface area contributed by atoms with Crippen LogP contribution in [-0.2, 0) is 22.4 Å². The highest BCUT2D eigenvalue weighted by atomic mass is 32.1. The predicted octanol–water partition coefficient (Wildman–Crippen LogP) is 1.31. The van der Waals surface area contributed by atoms with Gasteiger partial charge < -0.3 is 15.8 Å². The van der Waals surface area contributed by atoms with Crippen molar-refractivity contribution in [3.63, 3.8) is 0 Å². The quantitative estimate of drug-likeness (QED) is 0.864.